The molecular weight excluding hydrogens is 284 g/mol. The number of carbonyl (C=O) groups is 1. The molecule has 2 rings (SSSR count). The molecule has 8 heteroatoms. The molecule has 0 bridgehead atoms. The Morgan fingerprint density at radius 2 is 1.75 bits per heavy atom. The molecule has 0 aromatic carbocycles. The number of carboxylic acids is 1. The van der Waals surface area contributed by atoms with Crippen molar-refractivity contribution in [2.24, 2.45) is 0 Å². The van der Waals surface area contributed by atoms with E-state index in [9.17, 15) is 13.2 Å². The lowest BCUT2D eigenvalue weighted by Crippen LogP contribution is -2.51. The van der Waals surface area contributed by atoms with Crippen molar-refractivity contribution in [2.75, 3.05) is 32.8 Å². The fourth-order valence-electron chi connectivity index (χ4n) is 2.66. The SMILES string of the molecule is O=C(O)CC1CN(S(=O)(=O)N2CCCCCC2)CCO1. The molecule has 2 aliphatic heterocycles. The summed E-state index contributed by atoms with van der Waals surface area (Å²) in [5, 5.41) is 8.78. The zero-order valence-electron chi connectivity index (χ0n) is 11.5. The summed E-state index contributed by atoms with van der Waals surface area (Å²) in [7, 11) is -3.48. The van der Waals surface area contributed by atoms with E-state index in [0.717, 1.165) is 25.7 Å². The zero-order valence-corrected chi connectivity index (χ0v) is 12.3. The Labute approximate surface area is 119 Å². The first-order valence-corrected chi connectivity index (χ1v) is 8.48. The van der Waals surface area contributed by atoms with Crippen molar-refractivity contribution in [2.45, 2.75) is 38.2 Å². The number of hydrogen-bond acceptors (Lipinski definition) is 4. The predicted octanol–water partition coefficient (Wildman–Crippen LogP) is 0.283. The van der Waals surface area contributed by atoms with Crippen LogP contribution < -0.4 is 0 Å². The minimum atomic E-state index is -3.48. The highest BCUT2D eigenvalue weighted by molar-refractivity contribution is 7.86. The van der Waals surface area contributed by atoms with Gasteiger partial charge in [-0.15, -0.1) is 0 Å². The number of morpholine rings is 1. The molecule has 2 saturated heterocycles. The quantitative estimate of drug-likeness (QED) is 0.806. The highest BCUT2D eigenvalue weighted by Crippen LogP contribution is 2.19. The van der Waals surface area contributed by atoms with Crippen molar-refractivity contribution in [3.8, 4) is 0 Å². The van der Waals surface area contributed by atoms with Crippen LogP contribution in [0.15, 0.2) is 0 Å². The van der Waals surface area contributed by atoms with Gasteiger partial charge in [0.25, 0.3) is 10.2 Å². The van der Waals surface area contributed by atoms with Crippen LogP contribution in [0.1, 0.15) is 32.1 Å². The third-order valence-electron chi connectivity index (χ3n) is 3.72. The highest BCUT2D eigenvalue weighted by atomic mass is 32.2. The Balaban J connectivity index is 2.02. The summed E-state index contributed by atoms with van der Waals surface area (Å²) in [5.74, 6) is -0.968. The molecule has 0 spiro atoms. The third-order valence-corrected chi connectivity index (χ3v) is 5.72. The van der Waals surface area contributed by atoms with E-state index in [1.54, 1.807) is 0 Å². The van der Waals surface area contributed by atoms with Crippen molar-refractivity contribution in [1.29, 1.82) is 0 Å². The summed E-state index contributed by atoms with van der Waals surface area (Å²) in [6.07, 6.45) is 3.20. The first-order valence-electron chi connectivity index (χ1n) is 7.09. The Morgan fingerprint density at radius 3 is 2.35 bits per heavy atom. The molecule has 0 aliphatic carbocycles. The van der Waals surface area contributed by atoms with Crippen LogP contribution in [-0.4, -0.2) is 67.0 Å². The van der Waals surface area contributed by atoms with Crippen molar-refractivity contribution >= 4 is 16.2 Å². The van der Waals surface area contributed by atoms with E-state index in [2.05, 4.69) is 0 Å². The molecule has 0 radical (unpaired) electrons. The lowest BCUT2D eigenvalue weighted by molar-refractivity contribution is -0.141. The predicted molar refractivity (Wildman–Crippen MR) is 72.5 cm³/mol. The van der Waals surface area contributed by atoms with Crippen LogP contribution in [0, 0.1) is 0 Å². The van der Waals surface area contributed by atoms with E-state index in [-0.39, 0.29) is 19.6 Å². The molecule has 2 heterocycles. The molecule has 2 fully saturated rings. The van der Waals surface area contributed by atoms with Gasteiger partial charge in [0.2, 0.25) is 0 Å². The summed E-state index contributed by atoms with van der Waals surface area (Å²) in [4.78, 5) is 10.7. The Hall–Kier alpha value is -0.700. The normalized spacial score (nSPS) is 27.1. The van der Waals surface area contributed by atoms with Gasteiger partial charge in [-0.1, -0.05) is 12.8 Å². The average molecular weight is 306 g/mol. The van der Waals surface area contributed by atoms with Gasteiger partial charge >= 0.3 is 5.97 Å². The molecule has 1 N–H and O–H groups in total. The van der Waals surface area contributed by atoms with Crippen LogP contribution in [0.5, 0.6) is 0 Å². The van der Waals surface area contributed by atoms with Crippen LogP contribution in [0.4, 0.5) is 0 Å². The van der Waals surface area contributed by atoms with E-state index in [1.807, 2.05) is 0 Å². The summed E-state index contributed by atoms with van der Waals surface area (Å²) >= 11 is 0. The van der Waals surface area contributed by atoms with E-state index < -0.39 is 22.3 Å². The topological polar surface area (TPSA) is 87.2 Å². The summed E-state index contributed by atoms with van der Waals surface area (Å²) < 4.78 is 33.4. The molecule has 1 unspecified atom stereocenters. The smallest absolute Gasteiger partial charge is 0.306 e. The minimum Gasteiger partial charge on any atom is -0.481 e. The second-order valence-electron chi connectivity index (χ2n) is 5.27. The van der Waals surface area contributed by atoms with Crippen LogP contribution in [0.3, 0.4) is 0 Å². The van der Waals surface area contributed by atoms with Crippen molar-refractivity contribution in [1.82, 2.24) is 8.61 Å². The Morgan fingerprint density at radius 1 is 1.10 bits per heavy atom. The molecule has 0 saturated carbocycles. The van der Waals surface area contributed by atoms with Crippen LogP contribution in [-0.2, 0) is 19.7 Å². The molecule has 0 amide bonds. The van der Waals surface area contributed by atoms with Gasteiger partial charge in [-0.2, -0.15) is 17.0 Å². The second-order valence-corrected chi connectivity index (χ2v) is 7.20. The van der Waals surface area contributed by atoms with Gasteiger partial charge in [0.1, 0.15) is 0 Å². The molecule has 1 atom stereocenters. The van der Waals surface area contributed by atoms with Crippen LogP contribution in [0.25, 0.3) is 0 Å². The first-order chi connectivity index (χ1) is 9.50. The average Bonchev–Trinajstić information content (AvgIpc) is 2.67. The standard InChI is InChI=1S/C12H22N2O5S/c15-12(16)9-11-10-14(7-8-19-11)20(17,18)13-5-3-1-2-4-6-13/h11H,1-10H2,(H,15,16). The molecule has 0 aromatic rings. The number of carboxylic acid groups (broad SMARTS) is 1. The molecule has 20 heavy (non-hydrogen) atoms. The van der Waals surface area contributed by atoms with Gasteiger partial charge in [-0.25, -0.2) is 0 Å². The maximum atomic E-state index is 12.6. The number of ether oxygens (including phenoxy) is 1. The summed E-state index contributed by atoms with van der Waals surface area (Å²) in [5.41, 5.74) is 0. The third kappa shape index (κ3) is 3.91. The number of aliphatic carboxylic acids is 1. The lowest BCUT2D eigenvalue weighted by Gasteiger charge is -2.34. The zero-order chi connectivity index (χ0) is 14.6. The molecule has 7 nitrogen and oxygen atoms in total. The lowest BCUT2D eigenvalue weighted by atomic mass is 10.2. The molecular formula is C12H22N2O5S. The maximum absolute atomic E-state index is 12.6. The Bertz CT molecular complexity index is 431. The van der Waals surface area contributed by atoms with Crippen LogP contribution >= 0.6 is 0 Å². The number of nitrogens with zero attached hydrogens (tertiary/aromatic N) is 2. The summed E-state index contributed by atoms with van der Waals surface area (Å²) in [6.45, 7) is 1.80. The van der Waals surface area contributed by atoms with Gasteiger partial charge in [-0.05, 0) is 12.8 Å². The van der Waals surface area contributed by atoms with E-state index in [1.165, 1.54) is 8.61 Å². The monoisotopic (exact) mass is 306 g/mol. The first kappa shape index (κ1) is 15.7. The van der Waals surface area contributed by atoms with Gasteiger partial charge in [-0.3, -0.25) is 4.79 Å². The van der Waals surface area contributed by atoms with Crippen molar-refractivity contribution < 1.29 is 23.1 Å². The summed E-state index contributed by atoms with van der Waals surface area (Å²) in [6, 6.07) is 0. The number of hydrogen-bond donors (Lipinski definition) is 1. The van der Waals surface area contributed by atoms with Crippen molar-refractivity contribution in [3.63, 3.8) is 0 Å². The molecule has 2 aliphatic rings. The fourth-order valence-corrected chi connectivity index (χ4v) is 4.36. The van der Waals surface area contributed by atoms with Gasteiger partial charge < -0.3 is 9.84 Å². The fraction of sp³-hybridized carbons (Fsp3) is 0.917. The van der Waals surface area contributed by atoms with E-state index >= 15 is 0 Å². The molecule has 116 valence electrons. The van der Waals surface area contributed by atoms with Gasteiger partial charge in [0.15, 0.2) is 0 Å². The van der Waals surface area contributed by atoms with Gasteiger partial charge in [0.05, 0.1) is 19.1 Å². The largest absolute Gasteiger partial charge is 0.481 e. The van der Waals surface area contributed by atoms with Gasteiger partial charge in [0, 0.05) is 26.2 Å². The Kier molecular flexibility index (Phi) is 5.36. The number of rotatable bonds is 4. The van der Waals surface area contributed by atoms with E-state index in [0.29, 0.717) is 19.6 Å². The van der Waals surface area contributed by atoms with Crippen molar-refractivity contribution in [3.05, 3.63) is 0 Å². The van der Waals surface area contributed by atoms with Crippen LogP contribution in [0.2, 0.25) is 0 Å². The minimum absolute atomic E-state index is 0.130. The molecule has 0 aromatic heterocycles. The maximum Gasteiger partial charge on any atom is 0.306 e. The highest BCUT2D eigenvalue weighted by Gasteiger charge is 2.34. The van der Waals surface area contributed by atoms with E-state index in [4.69, 9.17) is 9.84 Å². The second kappa shape index (κ2) is 6.84.